The molecule has 1 rings (SSSR count). The van der Waals surface area contributed by atoms with E-state index in [1.807, 2.05) is 19.1 Å². The van der Waals surface area contributed by atoms with Gasteiger partial charge in [-0.2, -0.15) is 0 Å². The van der Waals surface area contributed by atoms with Gasteiger partial charge in [0, 0.05) is 20.1 Å². The summed E-state index contributed by atoms with van der Waals surface area (Å²) >= 11 is 0. The van der Waals surface area contributed by atoms with Crippen molar-refractivity contribution in [2.45, 2.75) is 38.9 Å². The average Bonchev–Trinajstić information content (AvgIpc) is 2.53. The van der Waals surface area contributed by atoms with Crippen LogP contribution in [0.3, 0.4) is 0 Å². The van der Waals surface area contributed by atoms with E-state index in [1.165, 1.54) is 5.56 Å². The first kappa shape index (κ1) is 21.3. The van der Waals surface area contributed by atoms with Crippen molar-refractivity contribution in [2.24, 2.45) is 4.99 Å². The van der Waals surface area contributed by atoms with Crippen LogP contribution in [0.15, 0.2) is 23.2 Å². The number of guanidine groups is 1. The van der Waals surface area contributed by atoms with E-state index in [4.69, 9.17) is 4.74 Å². The second-order valence-electron chi connectivity index (χ2n) is 6.91. The Labute approximate surface area is 152 Å². The van der Waals surface area contributed by atoms with Gasteiger partial charge in [-0.25, -0.2) is 8.42 Å². The Balaban J connectivity index is 2.45. The Morgan fingerprint density at radius 3 is 2.40 bits per heavy atom. The van der Waals surface area contributed by atoms with Gasteiger partial charge < -0.3 is 15.4 Å². The van der Waals surface area contributed by atoms with Crippen molar-refractivity contribution in [3.63, 3.8) is 0 Å². The molecule has 1 aromatic carbocycles. The van der Waals surface area contributed by atoms with Crippen LogP contribution in [0.1, 0.15) is 31.9 Å². The molecule has 0 unspecified atom stereocenters. The lowest BCUT2D eigenvalue weighted by molar-refractivity contribution is 0.411. The molecule has 25 heavy (non-hydrogen) atoms. The lowest BCUT2D eigenvalue weighted by Gasteiger charge is -2.19. The summed E-state index contributed by atoms with van der Waals surface area (Å²) in [7, 11) is 0.201. The third-order valence-electron chi connectivity index (χ3n) is 4.00. The number of ether oxygens (including phenoxy) is 1. The smallest absolute Gasteiger partial charge is 0.191 e. The van der Waals surface area contributed by atoms with E-state index >= 15 is 0 Å². The van der Waals surface area contributed by atoms with Gasteiger partial charge in [0.15, 0.2) is 15.8 Å². The van der Waals surface area contributed by atoms with Gasteiger partial charge in [-0.15, -0.1) is 0 Å². The highest BCUT2D eigenvalue weighted by molar-refractivity contribution is 7.92. The molecule has 0 saturated carbocycles. The minimum Gasteiger partial charge on any atom is -0.496 e. The van der Waals surface area contributed by atoms with Gasteiger partial charge in [0.25, 0.3) is 0 Å². The maximum atomic E-state index is 12.1. The first-order valence-corrected chi connectivity index (χ1v) is 10.1. The minimum atomic E-state index is -3.14. The number of aryl methyl sites for hydroxylation is 1. The molecule has 0 radical (unpaired) electrons. The molecule has 6 nitrogen and oxygen atoms in total. The quantitative estimate of drug-likeness (QED) is 0.567. The monoisotopic (exact) mass is 369 g/mol. The first-order chi connectivity index (χ1) is 11.6. The van der Waals surface area contributed by atoms with Crippen LogP contribution in [0.5, 0.6) is 5.75 Å². The molecule has 0 atom stereocenters. The van der Waals surface area contributed by atoms with Crippen molar-refractivity contribution in [1.29, 1.82) is 0 Å². The number of hydrogen-bond acceptors (Lipinski definition) is 4. The van der Waals surface area contributed by atoms with Gasteiger partial charge in [0.1, 0.15) is 5.75 Å². The van der Waals surface area contributed by atoms with E-state index in [2.05, 4.69) is 21.7 Å². The van der Waals surface area contributed by atoms with Crippen LogP contribution in [0, 0.1) is 6.92 Å². The van der Waals surface area contributed by atoms with E-state index in [0.717, 1.165) is 17.7 Å². The van der Waals surface area contributed by atoms with Crippen LogP contribution in [-0.4, -0.2) is 52.1 Å². The summed E-state index contributed by atoms with van der Waals surface area (Å²) < 4.78 is 28.8. The predicted molar refractivity (Wildman–Crippen MR) is 104 cm³/mol. The molecule has 1 aromatic rings. The van der Waals surface area contributed by atoms with E-state index in [1.54, 1.807) is 34.9 Å². The fourth-order valence-corrected chi connectivity index (χ4v) is 3.16. The molecular weight excluding hydrogens is 338 g/mol. The first-order valence-electron chi connectivity index (χ1n) is 8.41. The molecule has 0 bridgehead atoms. The number of methoxy groups -OCH3 is 1. The van der Waals surface area contributed by atoms with Gasteiger partial charge in [-0.05, 0) is 51.3 Å². The SMILES string of the molecule is CN=C(NCCc1ccc(C)c(OC)c1)NCCS(=O)(=O)C(C)(C)C. The summed E-state index contributed by atoms with van der Waals surface area (Å²) in [5.74, 6) is 1.56. The molecule has 0 aliphatic carbocycles. The Morgan fingerprint density at radius 2 is 1.84 bits per heavy atom. The van der Waals surface area contributed by atoms with Crippen molar-refractivity contribution in [2.75, 3.05) is 33.0 Å². The van der Waals surface area contributed by atoms with Crippen LogP contribution in [0.25, 0.3) is 0 Å². The summed E-state index contributed by atoms with van der Waals surface area (Å²) in [6.45, 7) is 8.18. The molecule has 0 amide bonds. The molecule has 0 fully saturated rings. The Morgan fingerprint density at radius 1 is 1.20 bits per heavy atom. The van der Waals surface area contributed by atoms with Crippen LogP contribution >= 0.6 is 0 Å². The number of hydrogen-bond donors (Lipinski definition) is 2. The van der Waals surface area contributed by atoms with Gasteiger partial charge in [0.2, 0.25) is 0 Å². The van der Waals surface area contributed by atoms with E-state index in [0.29, 0.717) is 19.0 Å². The van der Waals surface area contributed by atoms with Crippen LogP contribution in [0.4, 0.5) is 0 Å². The minimum absolute atomic E-state index is 0.0758. The molecule has 2 N–H and O–H groups in total. The zero-order valence-corrected chi connectivity index (χ0v) is 17.0. The fourth-order valence-electron chi connectivity index (χ4n) is 2.18. The van der Waals surface area contributed by atoms with Gasteiger partial charge in [-0.3, -0.25) is 4.99 Å². The Bertz CT molecular complexity index is 692. The maximum absolute atomic E-state index is 12.1. The molecule has 0 spiro atoms. The Kier molecular flexibility index (Phi) is 7.73. The lowest BCUT2D eigenvalue weighted by Crippen LogP contribution is -2.42. The summed E-state index contributed by atoms with van der Waals surface area (Å²) in [5.41, 5.74) is 2.28. The standard InChI is InChI=1S/C18H31N3O3S/c1-14-7-8-15(13-16(14)24-6)9-10-20-17(19-5)21-11-12-25(22,23)18(2,3)4/h7-8,13H,9-12H2,1-6H3,(H2,19,20,21). The molecule has 142 valence electrons. The highest BCUT2D eigenvalue weighted by atomic mass is 32.2. The van der Waals surface area contributed by atoms with Crippen LogP contribution < -0.4 is 15.4 Å². The zero-order chi connectivity index (χ0) is 19.1. The van der Waals surface area contributed by atoms with Crippen LogP contribution in [0.2, 0.25) is 0 Å². The predicted octanol–water partition coefficient (Wildman–Crippen LogP) is 1.92. The highest BCUT2D eigenvalue weighted by Crippen LogP contribution is 2.19. The summed E-state index contributed by atoms with van der Waals surface area (Å²) in [6.07, 6.45) is 0.817. The third kappa shape index (κ3) is 6.57. The number of rotatable bonds is 7. The summed E-state index contributed by atoms with van der Waals surface area (Å²) in [4.78, 5) is 4.12. The van der Waals surface area contributed by atoms with Gasteiger partial charge in [0.05, 0.1) is 17.6 Å². The zero-order valence-electron chi connectivity index (χ0n) is 16.1. The third-order valence-corrected chi connectivity index (χ3v) is 6.61. The summed E-state index contributed by atoms with van der Waals surface area (Å²) in [5, 5.41) is 6.25. The number of aliphatic imine (C=N–C) groups is 1. The van der Waals surface area contributed by atoms with Gasteiger partial charge in [-0.1, -0.05) is 12.1 Å². The number of nitrogens with zero attached hydrogens (tertiary/aromatic N) is 1. The Hall–Kier alpha value is -1.76. The van der Waals surface area contributed by atoms with Gasteiger partial charge >= 0.3 is 0 Å². The summed E-state index contributed by atoms with van der Waals surface area (Å²) in [6, 6.07) is 6.15. The van der Waals surface area contributed by atoms with Crippen molar-refractivity contribution < 1.29 is 13.2 Å². The van der Waals surface area contributed by atoms with Crippen molar-refractivity contribution >= 4 is 15.8 Å². The highest BCUT2D eigenvalue weighted by Gasteiger charge is 2.28. The largest absolute Gasteiger partial charge is 0.496 e. The molecule has 0 aliphatic heterocycles. The molecule has 0 aromatic heterocycles. The molecule has 7 heteroatoms. The van der Waals surface area contributed by atoms with E-state index < -0.39 is 14.6 Å². The lowest BCUT2D eigenvalue weighted by atomic mass is 10.1. The maximum Gasteiger partial charge on any atom is 0.191 e. The molecule has 0 saturated heterocycles. The number of nitrogens with one attached hydrogen (secondary N) is 2. The normalized spacial score (nSPS) is 12.8. The van der Waals surface area contributed by atoms with Crippen molar-refractivity contribution in [3.8, 4) is 5.75 Å². The number of sulfone groups is 1. The average molecular weight is 370 g/mol. The van der Waals surface area contributed by atoms with E-state index in [9.17, 15) is 8.42 Å². The molecule has 0 heterocycles. The van der Waals surface area contributed by atoms with Crippen LogP contribution in [-0.2, 0) is 16.3 Å². The second-order valence-corrected chi connectivity index (χ2v) is 9.77. The second kappa shape index (κ2) is 9.08. The molecular formula is C18H31N3O3S. The van der Waals surface area contributed by atoms with E-state index in [-0.39, 0.29) is 5.75 Å². The molecule has 0 aliphatic rings. The fraction of sp³-hybridized carbons (Fsp3) is 0.611. The van der Waals surface area contributed by atoms with Crippen molar-refractivity contribution in [3.05, 3.63) is 29.3 Å². The topological polar surface area (TPSA) is 79.8 Å². The van der Waals surface area contributed by atoms with Crippen molar-refractivity contribution in [1.82, 2.24) is 10.6 Å². The number of benzene rings is 1.